The highest BCUT2D eigenvalue weighted by Crippen LogP contribution is 2.41. The van der Waals surface area contributed by atoms with Crippen molar-refractivity contribution in [2.24, 2.45) is 0 Å². The topological polar surface area (TPSA) is 55.9 Å². The van der Waals surface area contributed by atoms with E-state index in [4.69, 9.17) is 35.8 Å². The van der Waals surface area contributed by atoms with Crippen LogP contribution in [-0.2, 0) is 22.7 Å². The number of anilines is 1. The number of carbonyl (C=O) groups excluding carboxylic acids is 2. The second-order valence-electron chi connectivity index (χ2n) is 8.86. The van der Waals surface area contributed by atoms with Crippen molar-refractivity contribution in [2.45, 2.75) is 37.3 Å². The van der Waals surface area contributed by atoms with Crippen LogP contribution in [0.5, 0.6) is 0 Å². The lowest BCUT2D eigenvalue weighted by molar-refractivity contribution is -0.137. The first kappa shape index (κ1) is 23.0. The molecule has 2 amide bonds. The Morgan fingerprint density at radius 3 is 2.55 bits per heavy atom. The van der Waals surface area contributed by atoms with Crippen LogP contribution in [0.1, 0.15) is 34.9 Å². The summed E-state index contributed by atoms with van der Waals surface area (Å²) in [6.07, 6.45) is 0.918. The summed E-state index contributed by atoms with van der Waals surface area (Å²) in [4.78, 5) is 30.9. The maximum atomic E-state index is 12.4. The average molecular weight is 505 g/mol. The summed E-state index contributed by atoms with van der Waals surface area (Å²) in [5, 5.41) is 3.49. The number of amides is 2. The van der Waals surface area contributed by atoms with Gasteiger partial charge in [0.1, 0.15) is 0 Å². The Labute approximate surface area is 209 Å². The van der Waals surface area contributed by atoms with Gasteiger partial charge in [-0.05, 0) is 41.3 Å². The number of halogens is 2. The van der Waals surface area contributed by atoms with E-state index in [1.165, 1.54) is 11.1 Å². The monoisotopic (exact) mass is 504 g/mol. The van der Waals surface area contributed by atoms with Gasteiger partial charge >= 0.3 is 0 Å². The van der Waals surface area contributed by atoms with Gasteiger partial charge < -0.3 is 4.90 Å². The van der Waals surface area contributed by atoms with Gasteiger partial charge in [-0.3, -0.25) is 24.7 Å². The van der Waals surface area contributed by atoms with E-state index in [1.807, 2.05) is 18.2 Å². The number of hydrogen-bond donors (Lipinski definition) is 2. The van der Waals surface area contributed by atoms with Crippen molar-refractivity contribution in [1.82, 2.24) is 15.1 Å². The summed E-state index contributed by atoms with van der Waals surface area (Å²) in [7, 11) is 0. The largest absolute Gasteiger partial charge is 0.369 e. The van der Waals surface area contributed by atoms with Crippen LogP contribution >= 0.6 is 35.8 Å². The molecule has 0 radical (unpaired) electrons. The quantitative estimate of drug-likeness (QED) is 0.488. The number of nitrogens with one attached hydrogen (secondary N) is 1. The van der Waals surface area contributed by atoms with Crippen LogP contribution in [0, 0.1) is 0 Å². The van der Waals surface area contributed by atoms with Gasteiger partial charge in [-0.15, -0.1) is 0 Å². The average Bonchev–Trinajstić information content (AvgIpc) is 3.14. The number of thiol groups is 1. The number of fused-ring (bicyclic) bond motifs is 1. The van der Waals surface area contributed by atoms with E-state index in [2.05, 4.69) is 38.2 Å². The fourth-order valence-corrected chi connectivity index (χ4v) is 5.83. The summed E-state index contributed by atoms with van der Waals surface area (Å²) < 4.78 is 0. The van der Waals surface area contributed by atoms with E-state index in [-0.39, 0.29) is 23.2 Å². The maximum Gasteiger partial charge on any atom is 0.243 e. The van der Waals surface area contributed by atoms with Gasteiger partial charge in [-0.1, -0.05) is 41.4 Å². The highest BCUT2D eigenvalue weighted by molar-refractivity contribution is 7.80. The Bertz CT molecular complexity index is 1090. The number of nitrogens with zero attached hydrogens (tertiary/aromatic N) is 3. The molecule has 2 fully saturated rings. The van der Waals surface area contributed by atoms with Gasteiger partial charge in [0.15, 0.2) is 0 Å². The van der Waals surface area contributed by atoms with Crippen LogP contribution in [0.25, 0.3) is 0 Å². The van der Waals surface area contributed by atoms with E-state index in [9.17, 15) is 9.59 Å². The van der Waals surface area contributed by atoms with Crippen LogP contribution in [0.15, 0.2) is 36.4 Å². The van der Waals surface area contributed by atoms with Crippen molar-refractivity contribution in [1.29, 1.82) is 0 Å². The first-order valence-electron chi connectivity index (χ1n) is 11.2. The maximum absolute atomic E-state index is 12.4. The smallest absolute Gasteiger partial charge is 0.243 e. The highest BCUT2D eigenvalue weighted by Gasteiger charge is 2.39. The molecular formula is C24H26Cl2N4O2S. The highest BCUT2D eigenvalue weighted by atomic mass is 35.5. The zero-order valence-corrected chi connectivity index (χ0v) is 20.5. The van der Waals surface area contributed by atoms with Crippen LogP contribution in [0.4, 0.5) is 5.69 Å². The first-order chi connectivity index (χ1) is 15.9. The SMILES string of the molecule is O=C1CCC(N2Cc3c(CN4CCN(c5ccc(Cl)c(Cl)c5)CC4)cccc3C2S)C(=O)N1. The molecule has 3 heterocycles. The molecule has 2 atom stereocenters. The van der Waals surface area contributed by atoms with Crippen molar-refractivity contribution in [2.75, 3.05) is 31.1 Å². The lowest BCUT2D eigenvalue weighted by Crippen LogP contribution is -2.51. The summed E-state index contributed by atoms with van der Waals surface area (Å²) in [6, 6.07) is 11.8. The van der Waals surface area contributed by atoms with E-state index >= 15 is 0 Å². The zero-order chi connectivity index (χ0) is 23.1. The lowest BCUT2D eigenvalue weighted by atomic mass is 10.0. The minimum absolute atomic E-state index is 0.143. The van der Waals surface area contributed by atoms with Crippen molar-refractivity contribution < 1.29 is 9.59 Å². The summed E-state index contributed by atoms with van der Waals surface area (Å²) >= 11 is 17.1. The third-order valence-electron chi connectivity index (χ3n) is 6.89. The van der Waals surface area contributed by atoms with Crippen molar-refractivity contribution >= 4 is 53.3 Å². The van der Waals surface area contributed by atoms with Crippen LogP contribution < -0.4 is 10.2 Å². The number of hydrogen-bond acceptors (Lipinski definition) is 6. The van der Waals surface area contributed by atoms with Crippen LogP contribution in [-0.4, -0.2) is 53.8 Å². The Balaban J connectivity index is 1.25. The molecular weight excluding hydrogens is 479 g/mol. The Hall–Kier alpha value is -1.77. The molecule has 0 aliphatic carbocycles. The number of rotatable bonds is 4. The zero-order valence-electron chi connectivity index (χ0n) is 18.1. The fourth-order valence-electron chi connectivity index (χ4n) is 5.05. The molecule has 2 saturated heterocycles. The molecule has 0 spiro atoms. The molecule has 0 bridgehead atoms. The fraction of sp³-hybridized carbons (Fsp3) is 0.417. The normalized spacial score (nSPS) is 24.2. The van der Waals surface area contributed by atoms with Gasteiger partial charge in [-0.25, -0.2) is 0 Å². The summed E-state index contributed by atoms with van der Waals surface area (Å²) in [5.41, 5.74) is 4.80. The first-order valence-corrected chi connectivity index (χ1v) is 12.5. The second-order valence-corrected chi connectivity index (χ2v) is 10.2. The summed E-state index contributed by atoms with van der Waals surface area (Å²) in [5.74, 6) is -0.401. The van der Waals surface area contributed by atoms with Crippen LogP contribution in [0.2, 0.25) is 10.0 Å². The van der Waals surface area contributed by atoms with Crippen molar-refractivity contribution in [3.05, 3.63) is 63.1 Å². The Morgan fingerprint density at radius 1 is 1.03 bits per heavy atom. The van der Waals surface area contributed by atoms with Crippen molar-refractivity contribution in [3.63, 3.8) is 0 Å². The molecule has 5 rings (SSSR count). The molecule has 2 aromatic rings. The predicted molar refractivity (Wildman–Crippen MR) is 134 cm³/mol. The third kappa shape index (κ3) is 4.62. The van der Waals surface area contributed by atoms with Gasteiger partial charge in [0.05, 0.1) is 21.5 Å². The van der Waals surface area contributed by atoms with Gasteiger partial charge in [0.25, 0.3) is 0 Å². The third-order valence-corrected chi connectivity index (χ3v) is 8.20. The molecule has 174 valence electrons. The standard InChI is InChI=1S/C24H26Cl2N4O2S/c25-19-5-4-16(12-20(19)26)29-10-8-28(9-11-29)13-15-2-1-3-17-18(15)14-30(24(17)33)21-6-7-22(31)27-23(21)32/h1-5,12,21,24,33H,6-11,13-14H2,(H,27,31,32). The lowest BCUT2D eigenvalue weighted by Gasteiger charge is -2.36. The molecule has 2 unspecified atom stereocenters. The minimum atomic E-state index is -0.319. The molecule has 0 saturated carbocycles. The van der Waals surface area contributed by atoms with E-state index in [0.29, 0.717) is 29.4 Å². The number of carbonyl (C=O) groups is 2. The van der Waals surface area contributed by atoms with E-state index in [0.717, 1.165) is 44.0 Å². The number of benzene rings is 2. The number of imide groups is 1. The van der Waals surface area contributed by atoms with Crippen molar-refractivity contribution in [3.8, 4) is 0 Å². The number of piperazine rings is 1. The predicted octanol–water partition coefficient (Wildman–Crippen LogP) is 3.86. The molecule has 1 N–H and O–H groups in total. The molecule has 33 heavy (non-hydrogen) atoms. The molecule has 3 aliphatic heterocycles. The van der Waals surface area contributed by atoms with Gasteiger partial charge in [-0.2, -0.15) is 12.6 Å². The summed E-state index contributed by atoms with van der Waals surface area (Å²) in [6.45, 7) is 5.28. The molecule has 3 aliphatic rings. The molecule has 0 aromatic heterocycles. The van der Waals surface area contributed by atoms with Gasteiger partial charge in [0.2, 0.25) is 11.8 Å². The van der Waals surface area contributed by atoms with E-state index in [1.54, 1.807) is 0 Å². The molecule has 9 heteroatoms. The Morgan fingerprint density at radius 2 is 1.82 bits per heavy atom. The molecule has 6 nitrogen and oxygen atoms in total. The Kier molecular flexibility index (Phi) is 6.60. The molecule has 2 aromatic carbocycles. The van der Waals surface area contributed by atoms with Gasteiger partial charge in [0, 0.05) is 51.4 Å². The van der Waals surface area contributed by atoms with Crippen LogP contribution in [0.3, 0.4) is 0 Å². The minimum Gasteiger partial charge on any atom is -0.369 e. The number of piperidine rings is 1. The van der Waals surface area contributed by atoms with E-state index < -0.39 is 0 Å². The second kappa shape index (κ2) is 9.47.